The van der Waals surface area contributed by atoms with Gasteiger partial charge >= 0.3 is 0 Å². The van der Waals surface area contributed by atoms with Crippen molar-refractivity contribution in [3.8, 4) is 0 Å². The molecule has 2 heterocycles. The standard InChI is InChI=1S/C28H35F2N3O.C3H8.CH4O/c1-20(2)26(31-13-16-32-14-6-15-32)11-12-28(34)33-19-22(24-18-23(29)9-10-25(24)30)17-27(33)21-7-4-3-5-8-21;1-3-2;1-2/h3-5,7-10,17-18,20,26-27,31H,6,11-16,19H2,1-2H3;3H2,1-2H3;2H,1H3/t26-,27+;;/m1../s1. The number of hydrogen-bond donors (Lipinski definition) is 2. The molecule has 2 aromatic carbocycles. The van der Waals surface area contributed by atoms with E-state index in [2.05, 4.69) is 37.9 Å². The first kappa shape index (κ1) is 32.6. The third-order valence-corrected chi connectivity index (χ3v) is 7.03. The van der Waals surface area contributed by atoms with E-state index in [1.807, 2.05) is 36.4 Å². The lowest BCUT2D eigenvalue weighted by atomic mass is 9.98. The maximum absolute atomic E-state index is 14.5. The van der Waals surface area contributed by atoms with Crippen LogP contribution in [0.25, 0.3) is 5.57 Å². The van der Waals surface area contributed by atoms with Crippen molar-refractivity contribution in [2.75, 3.05) is 39.8 Å². The van der Waals surface area contributed by atoms with Crippen LogP contribution in [-0.4, -0.2) is 66.7 Å². The fourth-order valence-electron chi connectivity index (χ4n) is 4.81. The lowest BCUT2D eigenvalue weighted by Crippen LogP contribution is -2.44. The van der Waals surface area contributed by atoms with Crippen LogP contribution in [0.1, 0.15) is 70.5 Å². The molecule has 0 saturated carbocycles. The smallest absolute Gasteiger partial charge is 0.223 e. The molecule has 7 heteroatoms. The summed E-state index contributed by atoms with van der Waals surface area (Å²) in [7, 11) is 1.00. The molecule has 2 atom stereocenters. The van der Waals surface area contributed by atoms with E-state index < -0.39 is 11.6 Å². The molecule has 2 aliphatic heterocycles. The fraction of sp³-hybridized carbons (Fsp3) is 0.531. The van der Waals surface area contributed by atoms with Crippen molar-refractivity contribution >= 4 is 11.5 Å². The molecule has 2 aromatic rings. The van der Waals surface area contributed by atoms with Crippen LogP contribution in [0.15, 0.2) is 54.6 Å². The van der Waals surface area contributed by atoms with Crippen molar-refractivity contribution in [3.63, 3.8) is 0 Å². The highest BCUT2D eigenvalue weighted by atomic mass is 19.1. The Morgan fingerprint density at radius 2 is 1.74 bits per heavy atom. The molecule has 1 fully saturated rings. The Bertz CT molecular complexity index is 1030. The Morgan fingerprint density at radius 1 is 1.08 bits per heavy atom. The molecule has 0 spiro atoms. The number of carbonyl (C=O) groups is 1. The molecular weight excluding hydrogens is 496 g/mol. The number of amides is 1. The largest absolute Gasteiger partial charge is 0.400 e. The van der Waals surface area contributed by atoms with E-state index in [1.165, 1.54) is 32.0 Å². The van der Waals surface area contributed by atoms with Crippen LogP contribution in [0.5, 0.6) is 0 Å². The van der Waals surface area contributed by atoms with Gasteiger partial charge in [0.2, 0.25) is 5.91 Å². The van der Waals surface area contributed by atoms with Gasteiger partial charge in [-0.25, -0.2) is 8.78 Å². The number of halogens is 2. The summed E-state index contributed by atoms with van der Waals surface area (Å²) >= 11 is 0. The van der Waals surface area contributed by atoms with E-state index in [-0.39, 0.29) is 30.1 Å². The molecule has 5 nitrogen and oxygen atoms in total. The molecule has 1 saturated heterocycles. The number of benzene rings is 2. The van der Waals surface area contributed by atoms with Gasteiger partial charge in [0, 0.05) is 44.8 Å². The molecule has 4 rings (SSSR count). The Kier molecular flexibility index (Phi) is 14.3. The first-order valence-electron chi connectivity index (χ1n) is 14.2. The van der Waals surface area contributed by atoms with Crippen molar-refractivity contribution in [2.24, 2.45) is 5.92 Å². The van der Waals surface area contributed by atoms with E-state index in [4.69, 9.17) is 5.11 Å². The molecule has 0 radical (unpaired) electrons. The van der Waals surface area contributed by atoms with E-state index >= 15 is 0 Å². The number of carbonyl (C=O) groups excluding carboxylic acids is 1. The van der Waals surface area contributed by atoms with Gasteiger partial charge in [-0.15, -0.1) is 0 Å². The molecule has 2 aliphatic rings. The number of aliphatic hydroxyl groups excluding tert-OH is 1. The van der Waals surface area contributed by atoms with Gasteiger partial charge in [-0.2, -0.15) is 0 Å². The van der Waals surface area contributed by atoms with Gasteiger partial charge in [-0.05, 0) is 61.2 Å². The summed E-state index contributed by atoms with van der Waals surface area (Å²) < 4.78 is 28.4. The van der Waals surface area contributed by atoms with Crippen LogP contribution in [0, 0.1) is 17.6 Å². The van der Waals surface area contributed by atoms with Crippen molar-refractivity contribution in [3.05, 3.63) is 77.4 Å². The van der Waals surface area contributed by atoms with E-state index in [0.717, 1.165) is 44.3 Å². The number of hydrogen-bond acceptors (Lipinski definition) is 4. The SMILES string of the molecule is CC(C)[C@@H](CCC(=O)N1CC(c2cc(F)ccc2F)=C[C@H]1c1ccccc1)NCCN1CCC1.CCC.CO. The zero-order valence-corrected chi connectivity index (χ0v) is 24.3. The average molecular weight is 544 g/mol. The molecule has 1 amide bonds. The van der Waals surface area contributed by atoms with Crippen molar-refractivity contribution in [1.82, 2.24) is 15.1 Å². The van der Waals surface area contributed by atoms with Gasteiger partial charge in [0.05, 0.1) is 6.04 Å². The van der Waals surface area contributed by atoms with Crippen LogP contribution in [0.3, 0.4) is 0 Å². The average Bonchev–Trinajstić information content (AvgIpc) is 3.36. The minimum absolute atomic E-state index is 0.0344. The zero-order valence-electron chi connectivity index (χ0n) is 24.3. The number of nitrogens with one attached hydrogen (secondary N) is 1. The molecular formula is C32H47F2N3O2. The van der Waals surface area contributed by atoms with Crippen LogP contribution < -0.4 is 5.32 Å². The van der Waals surface area contributed by atoms with Crippen LogP contribution >= 0.6 is 0 Å². The summed E-state index contributed by atoms with van der Waals surface area (Å²) in [6.07, 6.45) is 5.60. The molecule has 39 heavy (non-hydrogen) atoms. The van der Waals surface area contributed by atoms with E-state index in [1.54, 1.807) is 4.90 Å². The molecule has 2 N–H and O–H groups in total. The Morgan fingerprint density at radius 3 is 2.33 bits per heavy atom. The predicted octanol–water partition coefficient (Wildman–Crippen LogP) is 6.06. The monoisotopic (exact) mass is 543 g/mol. The number of likely N-dealkylation sites (tertiary alicyclic amines) is 1. The van der Waals surface area contributed by atoms with Gasteiger partial charge < -0.3 is 20.2 Å². The number of aliphatic hydroxyl groups is 1. The highest BCUT2D eigenvalue weighted by Gasteiger charge is 2.32. The first-order chi connectivity index (χ1) is 18.8. The fourth-order valence-corrected chi connectivity index (χ4v) is 4.81. The van der Waals surface area contributed by atoms with Gasteiger partial charge in [0.15, 0.2) is 0 Å². The van der Waals surface area contributed by atoms with Crippen LogP contribution in [-0.2, 0) is 4.79 Å². The Labute approximate surface area is 233 Å². The van der Waals surface area contributed by atoms with Crippen LogP contribution in [0.2, 0.25) is 0 Å². The first-order valence-corrected chi connectivity index (χ1v) is 14.2. The zero-order chi connectivity index (χ0) is 28.8. The second kappa shape index (κ2) is 17.2. The third-order valence-electron chi connectivity index (χ3n) is 7.03. The molecule has 0 unspecified atom stereocenters. The molecule has 216 valence electrons. The van der Waals surface area contributed by atoms with Gasteiger partial charge in [0.1, 0.15) is 11.6 Å². The van der Waals surface area contributed by atoms with Crippen LogP contribution in [0.4, 0.5) is 8.78 Å². The van der Waals surface area contributed by atoms with E-state index in [9.17, 15) is 13.6 Å². The molecule has 0 aromatic heterocycles. The summed E-state index contributed by atoms with van der Waals surface area (Å²) in [5.41, 5.74) is 1.84. The number of nitrogens with zero attached hydrogens (tertiary/aromatic N) is 2. The maximum Gasteiger partial charge on any atom is 0.223 e. The lowest BCUT2D eigenvalue weighted by Gasteiger charge is -2.32. The van der Waals surface area contributed by atoms with Crippen molar-refractivity contribution in [1.29, 1.82) is 0 Å². The highest BCUT2D eigenvalue weighted by molar-refractivity contribution is 5.83. The maximum atomic E-state index is 14.5. The summed E-state index contributed by atoms with van der Waals surface area (Å²) in [6.45, 7) is 13.2. The van der Waals surface area contributed by atoms with Crippen molar-refractivity contribution < 1.29 is 18.7 Å². The minimum atomic E-state index is -0.484. The summed E-state index contributed by atoms with van der Waals surface area (Å²) in [5.74, 6) is -0.502. The normalized spacial score (nSPS) is 17.4. The molecule has 0 bridgehead atoms. The highest BCUT2D eigenvalue weighted by Crippen LogP contribution is 2.36. The topological polar surface area (TPSA) is 55.8 Å². The lowest BCUT2D eigenvalue weighted by molar-refractivity contribution is -0.131. The van der Waals surface area contributed by atoms with E-state index in [0.29, 0.717) is 17.9 Å². The number of rotatable bonds is 10. The minimum Gasteiger partial charge on any atom is -0.400 e. The summed E-state index contributed by atoms with van der Waals surface area (Å²) in [6, 6.07) is 13.2. The second-order valence-electron chi connectivity index (χ2n) is 10.4. The predicted molar refractivity (Wildman–Crippen MR) is 156 cm³/mol. The summed E-state index contributed by atoms with van der Waals surface area (Å²) in [5, 5.41) is 10.6. The van der Waals surface area contributed by atoms with Gasteiger partial charge in [-0.1, -0.05) is 70.5 Å². The van der Waals surface area contributed by atoms with Gasteiger partial charge in [0.25, 0.3) is 0 Å². The Hall–Kier alpha value is -2.61. The molecule has 0 aliphatic carbocycles. The van der Waals surface area contributed by atoms with Gasteiger partial charge in [-0.3, -0.25) is 4.79 Å². The summed E-state index contributed by atoms with van der Waals surface area (Å²) in [4.78, 5) is 17.6. The quantitative estimate of drug-likeness (QED) is 0.383. The third kappa shape index (κ3) is 9.82. The van der Waals surface area contributed by atoms with Crippen molar-refractivity contribution in [2.45, 2.75) is 65.5 Å². The Balaban J connectivity index is 0.000000998. The second-order valence-corrected chi connectivity index (χ2v) is 10.4.